The van der Waals surface area contributed by atoms with Crippen molar-refractivity contribution in [3.8, 4) is 5.75 Å². The van der Waals surface area contributed by atoms with Gasteiger partial charge in [-0.05, 0) is 36.4 Å². The lowest BCUT2D eigenvalue weighted by Crippen LogP contribution is -2.57. The zero-order valence-electron chi connectivity index (χ0n) is 15.6. The molecule has 2 amide bonds. The first kappa shape index (κ1) is 21.1. The maximum Gasteiger partial charge on any atom is 0.243 e. The molecule has 0 bridgehead atoms. The molecular weight excluding hydrogens is 418 g/mol. The van der Waals surface area contributed by atoms with Crippen molar-refractivity contribution in [2.45, 2.75) is 17.4 Å². The van der Waals surface area contributed by atoms with E-state index < -0.39 is 27.9 Å². The van der Waals surface area contributed by atoms with Crippen molar-refractivity contribution >= 4 is 39.1 Å². The van der Waals surface area contributed by atoms with E-state index in [9.17, 15) is 18.0 Å². The summed E-state index contributed by atoms with van der Waals surface area (Å²) >= 11 is 5.83. The minimum Gasteiger partial charge on any atom is -0.495 e. The highest BCUT2D eigenvalue weighted by atomic mass is 35.5. The van der Waals surface area contributed by atoms with Crippen LogP contribution in [-0.4, -0.2) is 50.8 Å². The molecule has 0 aliphatic carbocycles. The quantitative estimate of drug-likeness (QED) is 0.717. The number of para-hydroxylation sites is 2. The fourth-order valence-electron chi connectivity index (χ4n) is 3.04. The summed E-state index contributed by atoms with van der Waals surface area (Å²) in [5.74, 6) is -0.573. The molecule has 0 saturated carbocycles. The van der Waals surface area contributed by atoms with Gasteiger partial charge in [0.15, 0.2) is 0 Å². The van der Waals surface area contributed by atoms with Crippen LogP contribution in [0.5, 0.6) is 5.75 Å². The van der Waals surface area contributed by atoms with Crippen molar-refractivity contribution in [3.05, 3.63) is 53.6 Å². The van der Waals surface area contributed by atoms with Gasteiger partial charge in [0.25, 0.3) is 0 Å². The summed E-state index contributed by atoms with van der Waals surface area (Å²) in [6.45, 7) is 0.222. The van der Waals surface area contributed by atoms with Crippen LogP contribution in [0.1, 0.15) is 6.42 Å². The molecule has 154 valence electrons. The van der Waals surface area contributed by atoms with E-state index in [2.05, 4.69) is 10.6 Å². The minimum atomic E-state index is -3.98. The topological polar surface area (TPSA) is 105 Å². The van der Waals surface area contributed by atoms with Gasteiger partial charge in [-0.3, -0.25) is 9.59 Å². The second-order valence-corrected chi connectivity index (χ2v) is 8.66. The highest BCUT2D eigenvalue weighted by Gasteiger charge is 2.39. The van der Waals surface area contributed by atoms with Crippen LogP contribution in [0.15, 0.2) is 53.4 Å². The normalized spacial score (nSPS) is 17.4. The highest BCUT2D eigenvalue weighted by Crippen LogP contribution is 2.25. The third kappa shape index (κ3) is 4.69. The van der Waals surface area contributed by atoms with Gasteiger partial charge in [0, 0.05) is 18.1 Å². The molecule has 2 aromatic carbocycles. The molecule has 29 heavy (non-hydrogen) atoms. The van der Waals surface area contributed by atoms with Crippen molar-refractivity contribution in [2.24, 2.45) is 0 Å². The largest absolute Gasteiger partial charge is 0.495 e. The number of amides is 2. The Bertz CT molecular complexity index is 1010. The van der Waals surface area contributed by atoms with Gasteiger partial charge in [-0.25, -0.2) is 8.42 Å². The van der Waals surface area contributed by atoms with Crippen molar-refractivity contribution in [2.75, 3.05) is 25.5 Å². The molecule has 1 heterocycles. The summed E-state index contributed by atoms with van der Waals surface area (Å²) in [5, 5.41) is 5.68. The average molecular weight is 438 g/mol. The predicted octanol–water partition coefficient (Wildman–Crippen LogP) is 1.87. The van der Waals surface area contributed by atoms with E-state index in [0.717, 1.165) is 4.31 Å². The van der Waals surface area contributed by atoms with E-state index in [4.69, 9.17) is 16.3 Å². The molecule has 1 atom stereocenters. The molecule has 8 nitrogen and oxygen atoms in total. The van der Waals surface area contributed by atoms with Crippen LogP contribution in [0.25, 0.3) is 0 Å². The summed E-state index contributed by atoms with van der Waals surface area (Å²) in [4.78, 5) is 25.0. The number of carbonyl (C=O) groups excluding carboxylic acids is 2. The lowest BCUT2D eigenvalue weighted by Gasteiger charge is -2.33. The Balaban J connectivity index is 1.82. The third-order valence-corrected chi connectivity index (χ3v) is 6.64. The number of halogens is 1. The first-order chi connectivity index (χ1) is 13.8. The van der Waals surface area contributed by atoms with Crippen molar-refractivity contribution in [1.82, 2.24) is 9.62 Å². The van der Waals surface area contributed by atoms with Crippen LogP contribution in [0.4, 0.5) is 5.69 Å². The Hall–Kier alpha value is -2.62. The number of ether oxygens (including phenoxy) is 1. The molecule has 1 saturated heterocycles. The first-order valence-electron chi connectivity index (χ1n) is 8.81. The number of hydrogen-bond acceptors (Lipinski definition) is 5. The lowest BCUT2D eigenvalue weighted by atomic mass is 10.1. The Morgan fingerprint density at radius 1 is 1.24 bits per heavy atom. The number of nitrogens with zero attached hydrogens (tertiary/aromatic N) is 1. The molecule has 3 rings (SSSR count). The Labute approximate surface area is 173 Å². The number of anilines is 1. The smallest absolute Gasteiger partial charge is 0.243 e. The molecule has 0 aromatic heterocycles. The molecule has 1 fully saturated rings. The number of sulfonamides is 1. The van der Waals surface area contributed by atoms with Gasteiger partial charge in [0.05, 0.1) is 24.1 Å². The van der Waals surface area contributed by atoms with Crippen LogP contribution in [0, 0.1) is 0 Å². The fraction of sp³-hybridized carbons (Fsp3) is 0.263. The predicted molar refractivity (Wildman–Crippen MR) is 108 cm³/mol. The monoisotopic (exact) mass is 437 g/mol. The SMILES string of the molecule is COc1ccccc1NC(=O)CC1C(=O)NCCN1S(=O)(=O)c1ccc(Cl)cc1. The van der Waals surface area contributed by atoms with Gasteiger partial charge >= 0.3 is 0 Å². The second kappa shape index (κ2) is 8.81. The number of nitrogens with one attached hydrogen (secondary N) is 2. The molecule has 1 aliphatic heterocycles. The summed E-state index contributed by atoms with van der Waals surface area (Å²) in [6, 6.07) is 11.3. The van der Waals surface area contributed by atoms with Crippen molar-refractivity contribution in [1.29, 1.82) is 0 Å². The first-order valence-corrected chi connectivity index (χ1v) is 10.6. The highest BCUT2D eigenvalue weighted by molar-refractivity contribution is 7.89. The van der Waals surface area contributed by atoms with Gasteiger partial charge < -0.3 is 15.4 Å². The summed E-state index contributed by atoms with van der Waals surface area (Å²) in [7, 11) is -2.51. The minimum absolute atomic E-state index is 0.00624. The number of benzene rings is 2. The van der Waals surface area contributed by atoms with Crippen LogP contribution in [-0.2, 0) is 19.6 Å². The zero-order chi connectivity index (χ0) is 21.0. The Morgan fingerprint density at radius 2 is 1.93 bits per heavy atom. The molecule has 0 radical (unpaired) electrons. The van der Waals surface area contributed by atoms with Gasteiger partial charge in [-0.1, -0.05) is 23.7 Å². The maximum absolute atomic E-state index is 13.0. The molecule has 0 spiro atoms. The fourth-order valence-corrected chi connectivity index (χ4v) is 4.76. The van der Waals surface area contributed by atoms with Crippen LogP contribution in [0.3, 0.4) is 0 Å². The summed E-state index contributed by atoms with van der Waals surface area (Å²) < 4.78 is 32.3. The number of piperazine rings is 1. The van der Waals surface area contributed by atoms with Gasteiger partial charge in [0.1, 0.15) is 11.8 Å². The van der Waals surface area contributed by atoms with E-state index in [-0.39, 0.29) is 24.4 Å². The van der Waals surface area contributed by atoms with Gasteiger partial charge in [-0.15, -0.1) is 0 Å². The van der Waals surface area contributed by atoms with Crippen LogP contribution < -0.4 is 15.4 Å². The van der Waals surface area contributed by atoms with Crippen LogP contribution in [0.2, 0.25) is 5.02 Å². The third-order valence-electron chi connectivity index (χ3n) is 4.46. The lowest BCUT2D eigenvalue weighted by molar-refractivity contribution is -0.130. The zero-order valence-corrected chi connectivity index (χ0v) is 17.2. The summed E-state index contributed by atoms with van der Waals surface area (Å²) in [5.41, 5.74) is 0.434. The standard InChI is InChI=1S/C19H20ClN3O5S/c1-28-17-5-3-2-4-15(17)22-18(24)12-16-19(25)21-10-11-23(16)29(26,27)14-8-6-13(20)7-9-14/h2-9,16H,10-12H2,1H3,(H,21,25)(H,22,24). The molecule has 1 unspecified atom stereocenters. The average Bonchev–Trinajstić information content (AvgIpc) is 2.70. The van der Waals surface area contributed by atoms with Gasteiger partial charge in [-0.2, -0.15) is 4.31 Å². The van der Waals surface area contributed by atoms with E-state index in [1.54, 1.807) is 24.3 Å². The number of methoxy groups -OCH3 is 1. The van der Waals surface area contributed by atoms with E-state index in [0.29, 0.717) is 16.5 Å². The molecule has 2 N–H and O–H groups in total. The maximum atomic E-state index is 13.0. The van der Waals surface area contributed by atoms with E-state index in [1.165, 1.54) is 31.4 Å². The van der Waals surface area contributed by atoms with E-state index >= 15 is 0 Å². The van der Waals surface area contributed by atoms with Crippen molar-refractivity contribution in [3.63, 3.8) is 0 Å². The molecule has 2 aromatic rings. The number of carbonyl (C=O) groups is 2. The summed E-state index contributed by atoms with van der Waals surface area (Å²) in [6.07, 6.45) is -0.337. The Morgan fingerprint density at radius 3 is 2.62 bits per heavy atom. The van der Waals surface area contributed by atoms with E-state index in [1.807, 2.05) is 0 Å². The Kier molecular flexibility index (Phi) is 6.41. The molecule has 1 aliphatic rings. The van der Waals surface area contributed by atoms with Crippen LogP contribution >= 0.6 is 11.6 Å². The van der Waals surface area contributed by atoms with Crippen molar-refractivity contribution < 1.29 is 22.7 Å². The molecule has 10 heteroatoms. The van der Waals surface area contributed by atoms with Gasteiger partial charge in [0.2, 0.25) is 21.8 Å². The number of hydrogen-bond donors (Lipinski definition) is 2. The molecular formula is C19H20ClN3O5S. The second-order valence-electron chi connectivity index (χ2n) is 6.33. The number of rotatable bonds is 6.